The van der Waals surface area contributed by atoms with Crippen molar-refractivity contribution in [3.63, 3.8) is 0 Å². The van der Waals surface area contributed by atoms with Crippen LogP contribution in [0, 0.1) is 0 Å². The minimum atomic E-state index is -0.334. The van der Waals surface area contributed by atoms with Crippen molar-refractivity contribution in [2.24, 2.45) is 5.73 Å². The summed E-state index contributed by atoms with van der Waals surface area (Å²) in [5.74, 6) is 0. The van der Waals surface area contributed by atoms with E-state index in [0.29, 0.717) is 5.37 Å². The SMILES string of the molecule is CC(S)N1CCC(N)(CO)CC1. The number of aliphatic hydroxyl groups excluding tert-OH is 1. The molecule has 1 unspecified atom stereocenters. The lowest BCUT2D eigenvalue weighted by atomic mass is 9.90. The Morgan fingerprint density at radius 2 is 2.08 bits per heavy atom. The number of hydrogen-bond donors (Lipinski definition) is 3. The van der Waals surface area contributed by atoms with Crippen molar-refractivity contribution in [3.8, 4) is 0 Å². The zero-order valence-corrected chi connectivity index (χ0v) is 8.43. The van der Waals surface area contributed by atoms with Gasteiger partial charge in [-0.05, 0) is 19.8 Å². The number of likely N-dealkylation sites (tertiary alicyclic amines) is 1. The molecule has 4 heteroatoms. The van der Waals surface area contributed by atoms with E-state index in [1.54, 1.807) is 0 Å². The Morgan fingerprint density at radius 3 is 2.42 bits per heavy atom. The number of thiol groups is 1. The maximum atomic E-state index is 9.01. The average molecular weight is 190 g/mol. The fourth-order valence-electron chi connectivity index (χ4n) is 1.50. The first kappa shape index (κ1) is 10.3. The fourth-order valence-corrected chi connectivity index (χ4v) is 1.73. The molecule has 1 rings (SSSR count). The van der Waals surface area contributed by atoms with Gasteiger partial charge in [-0.3, -0.25) is 4.90 Å². The topological polar surface area (TPSA) is 49.5 Å². The largest absolute Gasteiger partial charge is 0.394 e. The molecule has 3 N–H and O–H groups in total. The van der Waals surface area contributed by atoms with Crippen LogP contribution in [-0.4, -0.2) is 40.6 Å². The Hall–Kier alpha value is 0.230. The van der Waals surface area contributed by atoms with Gasteiger partial charge in [-0.2, -0.15) is 12.6 Å². The highest BCUT2D eigenvalue weighted by molar-refractivity contribution is 7.80. The van der Waals surface area contributed by atoms with Crippen LogP contribution in [0.2, 0.25) is 0 Å². The molecule has 1 heterocycles. The molecule has 72 valence electrons. The van der Waals surface area contributed by atoms with Crippen LogP contribution < -0.4 is 5.73 Å². The molecule has 1 atom stereocenters. The first-order chi connectivity index (χ1) is 5.57. The molecule has 0 aliphatic carbocycles. The minimum absolute atomic E-state index is 0.0990. The maximum Gasteiger partial charge on any atom is 0.0612 e. The molecule has 1 fully saturated rings. The van der Waals surface area contributed by atoms with E-state index in [1.807, 2.05) is 0 Å². The molecule has 0 aromatic carbocycles. The van der Waals surface area contributed by atoms with E-state index < -0.39 is 0 Å². The number of piperidine rings is 1. The van der Waals surface area contributed by atoms with Crippen molar-refractivity contribution in [2.45, 2.75) is 30.7 Å². The fraction of sp³-hybridized carbons (Fsp3) is 1.00. The van der Waals surface area contributed by atoms with Crippen LogP contribution in [0.25, 0.3) is 0 Å². The summed E-state index contributed by atoms with van der Waals surface area (Å²) in [5.41, 5.74) is 5.58. The van der Waals surface area contributed by atoms with Gasteiger partial charge in [0.1, 0.15) is 0 Å². The summed E-state index contributed by atoms with van der Waals surface area (Å²) in [7, 11) is 0. The third kappa shape index (κ3) is 2.36. The number of hydrogen-bond acceptors (Lipinski definition) is 4. The number of rotatable bonds is 2. The zero-order valence-electron chi connectivity index (χ0n) is 7.53. The van der Waals surface area contributed by atoms with Gasteiger partial charge in [0.2, 0.25) is 0 Å². The summed E-state index contributed by atoms with van der Waals surface area (Å²) >= 11 is 4.35. The molecular weight excluding hydrogens is 172 g/mol. The smallest absolute Gasteiger partial charge is 0.0612 e. The lowest BCUT2D eigenvalue weighted by molar-refractivity contribution is 0.103. The van der Waals surface area contributed by atoms with Gasteiger partial charge in [0.05, 0.1) is 6.61 Å². The number of nitrogens with zero attached hydrogens (tertiary/aromatic N) is 1. The number of aliphatic hydroxyl groups is 1. The van der Waals surface area contributed by atoms with E-state index in [0.717, 1.165) is 25.9 Å². The Morgan fingerprint density at radius 1 is 1.58 bits per heavy atom. The summed E-state index contributed by atoms with van der Waals surface area (Å²) < 4.78 is 0. The first-order valence-corrected chi connectivity index (χ1v) is 4.91. The summed E-state index contributed by atoms with van der Waals surface area (Å²) in [6.07, 6.45) is 1.74. The van der Waals surface area contributed by atoms with E-state index in [4.69, 9.17) is 10.8 Å². The molecular formula is C8H18N2OS. The Balaban J connectivity index is 2.39. The molecule has 0 bridgehead atoms. The van der Waals surface area contributed by atoms with E-state index >= 15 is 0 Å². The van der Waals surface area contributed by atoms with Crippen LogP contribution in [-0.2, 0) is 0 Å². The van der Waals surface area contributed by atoms with Crippen molar-refractivity contribution < 1.29 is 5.11 Å². The van der Waals surface area contributed by atoms with Crippen molar-refractivity contribution in [1.29, 1.82) is 0 Å². The van der Waals surface area contributed by atoms with Crippen molar-refractivity contribution >= 4 is 12.6 Å². The predicted octanol–water partition coefficient (Wildman–Crippen LogP) is 0.0478. The van der Waals surface area contributed by atoms with Crippen molar-refractivity contribution in [2.75, 3.05) is 19.7 Å². The van der Waals surface area contributed by atoms with E-state index in [2.05, 4.69) is 24.5 Å². The second kappa shape index (κ2) is 3.96. The molecule has 0 amide bonds. The summed E-state index contributed by atoms with van der Waals surface area (Å²) in [4.78, 5) is 2.27. The maximum absolute atomic E-state index is 9.01. The summed E-state index contributed by atoms with van der Waals surface area (Å²) in [5, 5.41) is 9.31. The first-order valence-electron chi connectivity index (χ1n) is 4.39. The van der Waals surface area contributed by atoms with E-state index in [-0.39, 0.29) is 12.1 Å². The third-order valence-corrected chi connectivity index (χ3v) is 2.96. The Bertz CT molecular complexity index is 144. The Kier molecular flexibility index (Phi) is 3.40. The Labute approximate surface area is 79.3 Å². The van der Waals surface area contributed by atoms with Gasteiger partial charge in [0.25, 0.3) is 0 Å². The highest BCUT2D eigenvalue weighted by Gasteiger charge is 2.30. The highest BCUT2D eigenvalue weighted by atomic mass is 32.1. The molecule has 0 radical (unpaired) electrons. The highest BCUT2D eigenvalue weighted by Crippen LogP contribution is 2.21. The molecule has 0 aromatic heterocycles. The molecule has 0 saturated carbocycles. The molecule has 0 aromatic rings. The van der Waals surface area contributed by atoms with Crippen LogP contribution >= 0.6 is 12.6 Å². The summed E-state index contributed by atoms with van der Waals surface area (Å²) in [6, 6.07) is 0. The third-order valence-electron chi connectivity index (χ3n) is 2.64. The molecule has 12 heavy (non-hydrogen) atoms. The molecule has 3 nitrogen and oxygen atoms in total. The van der Waals surface area contributed by atoms with E-state index in [9.17, 15) is 0 Å². The van der Waals surface area contributed by atoms with Crippen LogP contribution in [0.3, 0.4) is 0 Å². The van der Waals surface area contributed by atoms with E-state index in [1.165, 1.54) is 0 Å². The van der Waals surface area contributed by atoms with Crippen LogP contribution in [0.4, 0.5) is 0 Å². The van der Waals surface area contributed by atoms with Gasteiger partial charge in [0, 0.05) is 24.0 Å². The monoisotopic (exact) mass is 190 g/mol. The van der Waals surface area contributed by atoms with Gasteiger partial charge in [-0.1, -0.05) is 0 Å². The minimum Gasteiger partial charge on any atom is -0.394 e. The standard InChI is InChI=1S/C8H18N2OS/c1-7(12)10-4-2-8(9,6-11)3-5-10/h7,11-12H,2-6,9H2,1H3. The predicted molar refractivity (Wildman–Crippen MR) is 53.3 cm³/mol. The van der Waals surface area contributed by atoms with Crippen molar-refractivity contribution in [1.82, 2.24) is 4.90 Å². The lowest BCUT2D eigenvalue weighted by Gasteiger charge is -2.39. The lowest BCUT2D eigenvalue weighted by Crippen LogP contribution is -2.53. The van der Waals surface area contributed by atoms with Crippen LogP contribution in [0.1, 0.15) is 19.8 Å². The molecule has 1 aliphatic heterocycles. The van der Waals surface area contributed by atoms with Gasteiger partial charge in [-0.15, -0.1) is 0 Å². The van der Waals surface area contributed by atoms with Gasteiger partial charge in [-0.25, -0.2) is 0 Å². The van der Waals surface area contributed by atoms with Gasteiger partial charge in [0.15, 0.2) is 0 Å². The van der Waals surface area contributed by atoms with Gasteiger partial charge < -0.3 is 10.8 Å². The quantitative estimate of drug-likeness (QED) is 0.539. The second-order valence-corrected chi connectivity index (χ2v) is 4.44. The zero-order chi connectivity index (χ0) is 9.19. The molecule has 0 spiro atoms. The van der Waals surface area contributed by atoms with Gasteiger partial charge >= 0.3 is 0 Å². The van der Waals surface area contributed by atoms with Crippen LogP contribution in [0.5, 0.6) is 0 Å². The van der Waals surface area contributed by atoms with Crippen molar-refractivity contribution in [3.05, 3.63) is 0 Å². The van der Waals surface area contributed by atoms with Crippen LogP contribution in [0.15, 0.2) is 0 Å². The summed E-state index contributed by atoms with van der Waals surface area (Å²) in [6.45, 7) is 4.05. The molecule has 1 aliphatic rings. The molecule has 1 saturated heterocycles. The normalized spacial score (nSPS) is 27.0. The second-order valence-electron chi connectivity index (χ2n) is 3.69. The number of nitrogens with two attached hydrogens (primary N) is 1. The average Bonchev–Trinajstić information content (AvgIpc) is 2.05.